The normalized spacial score (nSPS) is 16.3. The highest BCUT2D eigenvalue weighted by molar-refractivity contribution is 8.00. The molecule has 40 heavy (non-hydrogen) atoms. The van der Waals surface area contributed by atoms with Crippen LogP contribution in [0.3, 0.4) is 0 Å². The molecule has 1 aliphatic rings. The van der Waals surface area contributed by atoms with Crippen LogP contribution in [-0.4, -0.2) is 65.4 Å². The molecule has 1 N–H and O–H groups in total. The van der Waals surface area contributed by atoms with Gasteiger partial charge in [0.25, 0.3) is 0 Å². The lowest BCUT2D eigenvalue weighted by molar-refractivity contribution is 0.112. The van der Waals surface area contributed by atoms with Crippen molar-refractivity contribution in [2.45, 2.75) is 31.4 Å². The Bertz CT molecular complexity index is 1430. The molecule has 7 nitrogen and oxygen atoms in total. The van der Waals surface area contributed by atoms with Crippen molar-refractivity contribution in [3.05, 3.63) is 101 Å². The van der Waals surface area contributed by atoms with E-state index in [1.165, 1.54) is 17.5 Å². The van der Waals surface area contributed by atoms with Crippen molar-refractivity contribution in [3.63, 3.8) is 0 Å². The summed E-state index contributed by atoms with van der Waals surface area (Å²) in [6.45, 7) is 8.65. The number of aldehydes is 1. The molecular formula is C32H35N5O2S. The lowest BCUT2D eigenvalue weighted by atomic mass is 10.00. The van der Waals surface area contributed by atoms with Gasteiger partial charge in [-0.2, -0.15) is 4.98 Å². The molecule has 0 aliphatic carbocycles. The molecule has 2 heterocycles. The first-order chi connectivity index (χ1) is 19.5. The predicted octanol–water partition coefficient (Wildman–Crippen LogP) is 5.89. The summed E-state index contributed by atoms with van der Waals surface area (Å²) in [6, 6.07) is 26.2. The summed E-state index contributed by atoms with van der Waals surface area (Å²) >= 11 is 1.37. The zero-order valence-corrected chi connectivity index (χ0v) is 24.0. The zero-order chi connectivity index (χ0) is 27.9. The van der Waals surface area contributed by atoms with Gasteiger partial charge in [-0.25, -0.2) is 4.98 Å². The van der Waals surface area contributed by atoms with Crippen molar-refractivity contribution >= 4 is 24.2 Å². The van der Waals surface area contributed by atoms with E-state index < -0.39 is 0 Å². The first-order valence-corrected chi connectivity index (χ1v) is 14.3. The number of benzene rings is 3. The van der Waals surface area contributed by atoms with Crippen LogP contribution in [-0.2, 0) is 6.54 Å². The zero-order valence-electron chi connectivity index (χ0n) is 23.2. The second kappa shape index (κ2) is 13.1. The number of aryl methyl sites for hydroxylation is 2. The van der Waals surface area contributed by atoms with Gasteiger partial charge in [0.15, 0.2) is 0 Å². The van der Waals surface area contributed by atoms with E-state index in [4.69, 9.17) is 14.7 Å². The fourth-order valence-corrected chi connectivity index (χ4v) is 5.69. The summed E-state index contributed by atoms with van der Waals surface area (Å²) in [7, 11) is 2.14. The number of anilines is 1. The summed E-state index contributed by atoms with van der Waals surface area (Å²) in [4.78, 5) is 26.5. The fraction of sp³-hybridized carbons (Fsp3) is 0.281. The van der Waals surface area contributed by atoms with Crippen molar-refractivity contribution in [2.24, 2.45) is 0 Å². The number of hydrogen-bond donors (Lipinski definition) is 1. The van der Waals surface area contributed by atoms with Crippen molar-refractivity contribution in [1.82, 2.24) is 19.8 Å². The van der Waals surface area contributed by atoms with Gasteiger partial charge in [0.2, 0.25) is 11.8 Å². The number of rotatable bonds is 9. The molecule has 0 radical (unpaired) electrons. The lowest BCUT2D eigenvalue weighted by Crippen LogP contribution is -2.37. The molecule has 206 valence electrons. The van der Waals surface area contributed by atoms with Crippen LogP contribution in [0.1, 0.15) is 27.0 Å². The first-order valence-electron chi connectivity index (χ1n) is 13.5. The average Bonchev–Trinajstić information content (AvgIpc) is 3.12. The van der Waals surface area contributed by atoms with Gasteiger partial charge in [-0.15, -0.1) is 0 Å². The van der Waals surface area contributed by atoms with E-state index in [1.54, 1.807) is 6.07 Å². The van der Waals surface area contributed by atoms with Gasteiger partial charge in [-0.3, -0.25) is 14.4 Å². The first kappa shape index (κ1) is 27.8. The Morgan fingerprint density at radius 2 is 1.73 bits per heavy atom. The summed E-state index contributed by atoms with van der Waals surface area (Å²) in [5, 5.41) is 0. The van der Waals surface area contributed by atoms with Crippen LogP contribution in [0.25, 0.3) is 11.3 Å². The highest BCUT2D eigenvalue weighted by Crippen LogP contribution is 2.30. The van der Waals surface area contributed by atoms with Crippen LogP contribution >= 0.6 is 11.9 Å². The second-order valence-corrected chi connectivity index (χ2v) is 11.2. The Morgan fingerprint density at radius 1 is 0.950 bits per heavy atom. The summed E-state index contributed by atoms with van der Waals surface area (Å²) in [6.07, 6.45) is 0.792. The summed E-state index contributed by atoms with van der Waals surface area (Å²) in [5.41, 5.74) is 6.10. The molecule has 0 saturated carbocycles. The predicted molar refractivity (Wildman–Crippen MR) is 162 cm³/mol. The molecule has 0 spiro atoms. The number of carbonyl (C=O) groups excluding carboxylic acids is 1. The SMILES string of the molecule is Cc1cccc(C)c1-c1cc(OC2CN(C)CCN(Cc3ccccc3)C2)nc(NSc2cccc(C=O)c2)n1. The minimum atomic E-state index is -0.0540. The third kappa shape index (κ3) is 7.27. The molecule has 0 amide bonds. The molecule has 1 atom stereocenters. The number of hydrogen-bond acceptors (Lipinski definition) is 8. The molecule has 8 heteroatoms. The third-order valence-corrected chi connectivity index (χ3v) is 7.78. The summed E-state index contributed by atoms with van der Waals surface area (Å²) < 4.78 is 9.89. The van der Waals surface area contributed by atoms with Crippen LogP contribution in [0.4, 0.5) is 5.95 Å². The van der Waals surface area contributed by atoms with Crippen LogP contribution in [0.5, 0.6) is 5.88 Å². The maximum absolute atomic E-state index is 11.2. The topological polar surface area (TPSA) is 70.6 Å². The molecule has 1 aliphatic heterocycles. The van der Waals surface area contributed by atoms with Crippen LogP contribution in [0.2, 0.25) is 0 Å². The van der Waals surface area contributed by atoms with E-state index in [1.807, 2.05) is 24.3 Å². The van der Waals surface area contributed by atoms with E-state index in [0.717, 1.165) is 66.3 Å². The Morgan fingerprint density at radius 3 is 2.50 bits per heavy atom. The molecule has 1 aromatic heterocycles. The average molecular weight is 554 g/mol. The van der Waals surface area contributed by atoms with Crippen LogP contribution in [0, 0.1) is 13.8 Å². The third-order valence-electron chi connectivity index (χ3n) is 7.01. The highest BCUT2D eigenvalue weighted by atomic mass is 32.2. The van der Waals surface area contributed by atoms with Gasteiger partial charge in [0, 0.05) is 54.8 Å². The number of likely N-dealkylation sites (N-methyl/N-ethyl adjacent to an activating group) is 1. The van der Waals surface area contributed by atoms with Gasteiger partial charge in [0.1, 0.15) is 12.4 Å². The van der Waals surface area contributed by atoms with Crippen molar-refractivity contribution in [1.29, 1.82) is 0 Å². The van der Waals surface area contributed by atoms with Gasteiger partial charge in [-0.05, 0) is 61.7 Å². The van der Waals surface area contributed by atoms with E-state index in [0.29, 0.717) is 17.4 Å². The summed E-state index contributed by atoms with van der Waals surface area (Å²) in [5.74, 6) is 0.997. The largest absolute Gasteiger partial charge is 0.471 e. The minimum absolute atomic E-state index is 0.0540. The lowest BCUT2D eigenvalue weighted by Gasteiger charge is -2.25. The van der Waals surface area contributed by atoms with E-state index in [2.05, 4.69) is 83.9 Å². The maximum atomic E-state index is 11.2. The smallest absolute Gasteiger partial charge is 0.237 e. The van der Waals surface area contributed by atoms with Crippen molar-refractivity contribution in [2.75, 3.05) is 37.9 Å². The standard InChI is InChI=1S/C32H35N5O2S/c1-23-9-7-10-24(2)31(23)29-18-30(34-32(33-29)35-40-28-14-8-13-26(17-28)22-38)39-27-20-36(3)15-16-37(21-27)19-25-11-5-4-6-12-25/h4-14,17-18,22,27H,15-16,19-21H2,1-3H3,(H,33,34,35). The van der Waals surface area contributed by atoms with Crippen molar-refractivity contribution < 1.29 is 9.53 Å². The molecular weight excluding hydrogens is 518 g/mol. The maximum Gasteiger partial charge on any atom is 0.237 e. The van der Waals surface area contributed by atoms with Gasteiger partial charge in [0.05, 0.1) is 5.69 Å². The number of nitrogens with one attached hydrogen (secondary N) is 1. The monoisotopic (exact) mass is 553 g/mol. The molecule has 3 aromatic carbocycles. The Kier molecular flexibility index (Phi) is 9.11. The highest BCUT2D eigenvalue weighted by Gasteiger charge is 2.24. The Balaban J connectivity index is 1.41. The second-order valence-electron chi connectivity index (χ2n) is 10.3. The fourth-order valence-electron chi connectivity index (χ4n) is 5.05. The van der Waals surface area contributed by atoms with Crippen LogP contribution < -0.4 is 9.46 Å². The van der Waals surface area contributed by atoms with Crippen LogP contribution in [0.15, 0.2) is 83.8 Å². The molecule has 0 bridgehead atoms. The Hall–Kier alpha value is -3.72. The number of aromatic nitrogens is 2. The quantitative estimate of drug-likeness (QED) is 0.203. The number of nitrogens with zero attached hydrogens (tertiary/aromatic N) is 4. The van der Waals surface area contributed by atoms with Gasteiger partial charge >= 0.3 is 0 Å². The number of carbonyl (C=O) groups is 1. The molecule has 1 unspecified atom stereocenters. The number of ether oxygens (including phenoxy) is 1. The molecule has 1 saturated heterocycles. The van der Waals surface area contributed by atoms with Gasteiger partial charge < -0.3 is 9.64 Å². The minimum Gasteiger partial charge on any atom is -0.471 e. The molecule has 4 aromatic rings. The van der Waals surface area contributed by atoms with E-state index in [9.17, 15) is 4.79 Å². The van der Waals surface area contributed by atoms with E-state index in [-0.39, 0.29) is 6.10 Å². The molecule has 1 fully saturated rings. The van der Waals surface area contributed by atoms with Crippen molar-refractivity contribution in [3.8, 4) is 17.1 Å². The van der Waals surface area contributed by atoms with E-state index >= 15 is 0 Å². The Labute approximate surface area is 240 Å². The molecule has 5 rings (SSSR count). The van der Waals surface area contributed by atoms with Gasteiger partial charge in [-0.1, -0.05) is 60.7 Å².